The molecule has 0 amide bonds. The average molecular weight is 242 g/mol. The van der Waals surface area contributed by atoms with Crippen molar-refractivity contribution in [2.75, 3.05) is 53.0 Å². The van der Waals surface area contributed by atoms with Crippen LogP contribution in [-0.4, -0.2) is 62.8 Å². The first kappa shape index (κ1) is 14.9. The van der Waals surface area contributed by atoms with Gasteiger partial charge in [0.25, 0.3) is 0 Å². The molecule has 0 atom stereocenters. The van der Waals surface area contributed by atoms with E-state index in [9.17, 15) is 0 Å². The molecule has 1 aliphatic rings. The number of rotatable bonds is 9. The molecule has 3 nitrogen and oxygen atoms in total. The SMILES string of the molecule is CCCCN1CCN(CCCCCOC)CC1. The van der Waals surface area contributed by atoms with Crippen LogP contribution in [0.15, 0.2) is 0 Å². The molecule has 0 bridgehead atoms. The molecule has 1 aliphatic heterocycles. The Morgan fingerprint density at radius 1 is 0.824 bits per heavy atom. The summed E-state index contributed by atoms with van der Waals surface area (Å²) < 4.78 is 5.07. The summed E-state index contributed by atoms with van der Waals surface area (Å²) in [5.41, 5.74) is 0. The summed E-state index contributed by atoms with van der Waals surface area (Å²) in [4.78, 5) is 5.24. The number of hydrogen-bond acceptors (Lipinski definition) is 3. The summed E-state index contributed by atoms with van der Waals surface area (Å²) in [5, 5.41) is 0. The van der Waals surface area contributed by atoms with E-state index >= 15 is 0 Å². The Hall–Kier alpha value is -0.120. The summed E-state index contributed by atoms with van der Waals surface area (Å²) in [6.07, 6.45) is 6.53. The quantitative estimate of drug-likeness (QED) is 0.577. The minimum absolute atomic E-state index is 0.921. The predicted molar refractivity (Wildman–Crippen MR) is 73.5 cm³/mol. The lowest BCUT2D eigenvalue weighted by atomic mass is 10.2. The van der Waals surface area contributed by atoms with Crippen molar-refractivity contribution in [2.24, 2.45) is 0 Å². The maximum atomic E-state index is 5.07. The molecule has 1 rings (SSSR count). The van der Waals surface area contributed by atoms with Gasteiger partial charge >= 0.3 is 0 Å². The molecule has 0 N–H and O–H groups in total. The molecule has 0 aliphatic carbocycles. The van der Waals surface area contributed by atoms with Crippen LogP contribution in [0.25, 0.3) is 0 Å². The summed E-state index contributed by atoms with van der Waals surface area (Å²) in [7, 11) is 1.79. The fourth-order valence-electron chi connectivity index (χ4n) is 2.38. The monoisotopic (exact) mass is 242 g/mol. The number of hydrogen-bond donors (Lipinski definition) is 0. The Balaban J connectivity index is 1.95. The topological polar surface area (TPSA) is 15.7 Å². The van der Waals surface area contributed by atoms with Gasteiger partial charge in [-0.05, 0) is 38.8 Å². The Morgan fingerprint density at radius 3 is 1.94 bits per heavy atom. The number of nitrogens with zero attached hydrogens (tertiary/aromatic N) is 2. The molecule has 0 aromatic heterocycles. The Labute approximate surface area is 107 Å². The van der Waals surface area contributed by atoms with Gasteiger partial charge in [0.15, 0.2) is 0 Å². The van der Waals surface area contributed by atoms with Gasteiger partial charge in [0.2, 0.25) is 0 Å². The van der Waals surface area contributed by atoms with Gasteiger partial charge in [-0.3, -0.25) is 0 Å². The van der Waals surface area contributed by atoms with E-state index in [1.54, 1.807) is 7.11 Å². The van der Waals surface area contributed by atoms with Crippen LogP contribution in [0.2, 0.25) is 0 Å². The van der Waals surface area contributed by atoms with E-state index in [1.165, 1.54) is 71.4 Å². The van der Waals surface area contributed by atoms with Crippen molar-refractivity contribution in [3.8, 4) is 0 Å². The fourth-order valence-corrected chi connectivity index (χ4v) is 2.38. The van der Waals surface area contributed by atoms with Crippen molar-refractivity contribution in [2.45, 2.75) is 39.0 Å². The zero-order chi connectivity index (χ0) is 12.3. The van der Waals surface area contributed by atoms with Gasteiger partial charge in [-0.1, -0.05) is 13.3 Å². The zero-order valence-electron chi connectivity index (χ0n) is 11.8. The molecule has 0 aromatic rings. The first-order valence-corrected chi connectivity index (χ1v) is 7.30. The molecule has 1 heterocycles. The van der Waals surface area contributed by atoms with Crippen LogP contribution in [0.3, 0.4) is 0 Å². The van der Waals surface area contributed by atoms with Crippen molar-refractivity contribution in [1.29, 1.82) is 0 Å². The lowest BCUT2D eigenvalue weighted by Gasteiger charge is -2.34. The van der Waals surface area contributed by atoms with E-state index in [4.69, 9.17) is 4.74 Å². The Kier molecular flexibility index (Phi) is 8.67. The Bertz CT molecular complexity index is 165. The highest BCUT2D eigenvalue weighted by Crippen LogP contribution is 2.05. The summed E-state index contributed by atoms with van der Waals surface area (Å²) in [6.45, 7) is 10.9. The molecule has 3 heteroatoms. The van der Waals surface area contributed by atoms with Gasteiger partial charge in [0.1, 0.15) is 0 Å². The number of methoxy groups -OCH3 is 1. The summed E-state index contributed by atoms with van der Waals surface area (Å²) in [5.74, 6) is 0. The highest BCUT2D eigenvalue weighted by Gasteiger charge is 2.15. The van der Waals surface area contributed by atoms with E-state index in [-0.39, 0.29) is 0 Å². The van der Waals surface area contributed by atoms with E-state index in [1.807, 2.05) is 0 Å². The van der Waals surface area contributed by atoms with Crippen molar-refractivity contribution in [3.63, 3.8) is 0 Å². The van der Waals surface area contributed by atoms with Crippen molar-refractivity contribution < 1.29 is 4.74 Å². The molecule has 1 fully saturated rings. The van der Waals surface area contributed by atoms with Crippen LogP contribution in [0.4, 0.5) is 0 Å². The second kappa shape index (κ2) is 9.86. The molecule has 0 spiro atoms. The van der Waals surface area contributed by atoms with Crippen molar-refractivity contribution in [1.82, 2.24) is 9.80 Å². The third kappa shape index (κ3) is 7.02. The smallest absolute Gasteiger partial charge is 0.0462 e. The van der Waals surface area contributed by atoms with Crippen LogP contribution < -0.4 is 0 Å². The highest BCUT2D eigenvalue weighted by atomic mass is 16.5. The maximum Gasteiger partial charge on any atom is 0.0462 e. The average Bonchev–Trinajstić information content (AvgIpc) is 2.37. The molecule has 0 aromatic carbocycles. The largest absolute Gasteiger partial charge is 0.385 e. The van der Waals surface area contributed by atoms with Crippen LogP contribution in [0.5, 0.6) is 0 Å². The van der Waals surface area contributed by atoms with Gasteiger partial charge in [0.05, 0.1) is 0 Å². The van der Waals surface area contributed by atoms with Gasteiger partial charge in [-0.15, -0.1) is 0 Å². The molecular weight excluding hydrogens is 212 g/mol. The number of piperazine rings is 1. The third-order valence-electron chi connectivity index (χ3n) is 3.62. The van der Waals surface area contributed by atoms with Crippen LogP contribution in [0, 0.1) is 0 Å². The van der Waals surface area contributed by atoms with Gasteiger partial charge in [-0.2, -0.15) is 0 Å². The summed E-state index contributed by atoms with van der Waals surface area (Å²) in [6, 6.07) is 0. The standard InChI is InChI=1S/C14H30N2O/c1-3-4-8-15-10-12-16(13-11-15)9-6-5-7-14-17-2/h3-14H2,1-2H3. The van der Waals surface area contributed by atoms with Gasteiger partial charge < -0.3 is 14.5 Å². The minimum atomic E-state index is 0.921. The van der Waals surface area contributed by atoms with E-state index in [0.717, 1.165) is 6.61 Å². The second-order valence-electron chi connectivity index (χ2n) is 5.09. The molecule has 1 saturated heterocycles. The first-order chi connectivity index (χ1) is 8.36. The van der Waals surface area contributed by atoms with Crippen LogP contribution >= 0.6 is 0 Å². The molecular formula is C14H30N2O. The van der Waals surface area contributed by atoms with Crippen LogP contribution in [-0.2, 0) is 4.74 Å². The first-order valence-electron chi connectivity index (χ1n) is 7.30. The molecule has 0 saturated carbocycles. The number of ether oxygens (including phenoxy) is 1. The van der Waals surface area contributed by atoms with E-state index in [0.29, 0.717) is 0 Å². The lowest BCUT2D eigenvalue weighted by molar-refractivity contribution is 0.128. The summed E-state index contributed by atoms with van der Waals surface area (Å²) >= 11 is 0. The van der Waals surface area contributed by atoms with Gasteiger partial charge in [0, 0.05) is 39.9 Å². The Morgan fingerprint density at radius 2 is 1.41 bits per heavy atom. The van der Waals surface area contributed by atoms with E-state index < -0.39 is 0 Å². The highest BCUT2D eigenvalue weighted by molar-refractivity contribution is 4.71. The molecule has 17 heavy (non-hydrogen) atoms. The molecule has 102 valence electrons. The van der Waals surface area contributed by atoms with Gasteiger partial charge in [-0.25, -0.2) is 0 Å². The normalized spacial score (nSPS) is 18.7. The number of unbranched alkanes of at least 4 members (excludes halogenated alkanes) is 3. The minimum Gasteiger partial charge on any atom is -0.385 e. The van der Waals surface area contributed by atoms with Crippen molar-refractivity contribution in [3.05, 3.63) is 0 Å². The molecule has 0 radical (unpaired) electrons. The zero-order valence-corrected chi connectivity index (χ0v) is 11.8. The van der Waals surface area contributed by atoms with E-state index in [2.05, 4.69) is 16.7 Å². The van der Waals surface area contributed by atoms with Crippen LogP contribution in [0.1, 0.15) is 39.0 Å². The van der Waals surface area contributed by atoms with Crippen molar-refractivity contribution >= 4 is 0 Å². The fraction of sp³-hybridized carbons (Fsp3) is 1.00. The third-order valence-corrected chi connectivity index (χ3v) is 3.62. The maximum absolute atomic E-state index is 5.07. The lowest BCUT2D eigenvalue weighted by Crippen LogP contribution is -2.46. The molecule has 0 unspecified atom stereocenters. The predicted octanol–water partition coefficient (Wildman–Crippen LogP) is 2.22. The second-order valence-corrected chi connectivity index (χ2v) is 5.09.